The molecule has 1 aliphatic rings. The van der Waals surface area contributed by atoms with Crippen molar-refractivity contribution in [3.63, 3.8) is 0 Å². The third-order valence-electron chi connectivity index (χ3n) is 4.20. The number of hydrogen-bond donors (Lipinski definition) is 0. The molecule has 0 N–H and O–H groups in total. The molecule has 0 amide bonds. The summed E-state index contributed by atoms with van der Waals surface area (Å²) in [6.45, 7) is 0. The molecule has 2 aromatic carbocycles. The highest BCUT2D eigenvalue weighted by Crippen LogP contribution is 2.40. The van der Waals surface area contributed by atoms with Crippen LogP contribution in [0.4, 0.5) is 13.2 Å². The molecule has 0 heterocycles. The smallest absolute Gasteiger partial charge is 0.194 e. The predicted molar refractivity (Wildman–Crippen MR) is 83.6 cm³/mol. The summed E-state index contributed by atoms with van der Waals surface area (Å²) in [7, 11) is 0. The van der Waals surface area contributed by atoms with Gasteiger partial charge in [-0.2, -0.15) is 0 Å². The zero-order valence-electron chi connectivity index (χ0n) is 12.1. The normalized spacial score (nSPS) is 21.8. The van der Waals surface area contributed by atoms with Gasteiger partial charge in [-0.15, -0.1) is 11.8 Å². The topological polar surface area (TPSA) is 0 Å². The molecule has 0 spiro atoms. The molecule has 3 rings (SSSR count). The van der Waals surface area contributed by atoms with Crippen molar-refractivity contribution < 1.29 is 13.2 Å². The van der Waals surface area contributed by atoms with Crippen molar-refractivity contribution in [3.8, 4) is 0 Å². The van der Waals surface area contributed by atoms with E-state index in [1.54, 1.807) is 0 Å². The molecule has 0 unspecified atom stereocenters. The Hall–Kier alpha value is -1.42. The lowest BCUT2D eigenvalue weighted by Crippen LogP contribution is -2.15. The lowest BCUT2D eigenvalue weighted by atomic mass is 9.84. The summed E-state index contributed by atoms with van der Waals surface area (Å²) >= 11 is 1.86. The van der Waals surface area contributed by atoms with Crippen LogP contribution >= 0.6 is 11.8 Å². The lowest BCUT2D eigenvalue weighted by molar-refractivity contribution is 0.426. The third-order valence-corrected chi connectivity index (χ3v) is 5.55. The summed E-state index contributed by atoms with van der Waals surface area (Å²) < 4.78 is 39.7. The summed E-state index contributed by atoms with van der Waals surface area (Å²) in [6, 6.07) is 12.5. The Labute approximate surface area is 132 Å². The van der Waals surface area contributed by atoms with Gasteiger partial charge in [0, 0.05) is 10.1 Å². The van der Waals surface area contributed by atoms with Crippen molar-refractivity contribution in [1.82, 2.24) is 0 Å². The Balaban J connectivity index is 1.62. The maximum Gasteiger partial charge on any atom is 0.194 e. The van der Waals surface area contributed by atoms with Gasteiger partial charge in [0.05, 0.1) is 0 Å². The van der Waals surface area contributed by atoms with E-state index < -0.39 is 17.5 Å². The highest BCUT2D eigenvalue weighted by molar-refractivity contribution is 8.00. The first-order valence-corrected chi connectivity index (χ1v) is 8.37. The van der Waals surface area contributed by atoms with E-state index in [2.05, 4.69) is 12.1 Å². The molecule has 2 aromatic rings. The van der Waals surface area contributed by atoms with Crippen molar-refractivity contribution in [2.75, 3.05) is 0 Å². The van der Waals surface area contributed by atoms with Crippen molar-refractivity contribution in [3.05, 3.63) is 65.5 Å². The first-order valence-electron chi connectivity index (χ1n) is 7.49. The first kappa shape index (κ1) is 15.5. The second kappa shape index (κ2) is 6.78. The van der Waals surface area contributed by atoms with Crippen LogP contribution in [0.25, 0.3) is 0 Å². The zero-order chi connectivity index (χ0) is 15.5. The predicted octanol–water partition coefficient (Wildman–Crippen LogP) is 5.92. The number of benzene rings is 2. The van der Waals surface area contributed by atoms with Gasteiger partial charge in [0.1, 0.15) is 0 Å². The largest absolute Gasteiger partial charge is 0.204 e. The maximum absolute atomic E-state index is 13.3. The molecular weight excluding hydrogens is 305 g/mol. The molecule has 0 aromatic heterocycles. The van der Waals surface area contributed by atoms with E-state index in [1.807, 2.05) is 30.0 Å². The highest BCUT2D eigenvalue weighted by Gasteiger charge is 2.24. The van der Waals surface area contributed by atoms with E-state index in [0.717, 1.165) is 37.8 Å². The van der Waals surface area contributed by atoms with E-state index in [4.69, 9.17) is 0 Å². The fraction of sp³-hybridized carbons (Fsp3) is 0.333. The standard InChI is InChI=1S/C18H17F3S/c19-16-10-13(11-17(20)18(16)21)12-6-8-15(9-7-12)22-14-4-2-1-3-5-14/h1-5,10-12,15H,6-9H2. The highest BCUT2D eigenvalue weighted by atomic mass is 32.2. The minimum Gasteiger partial charge on any atom is -0.204 e. The lowest BCUT2D eigenvalue weighted by Gasteiger charge is -2.28. The van der Waals surface area contributed by atoms with Crippen molar-refractivity contribution in [2.45, 2.75) is 41.7 Å². The molecule has 1 fully saturated rings. The van der Waals surface area contributed by atoms with Gasteiger partial charge >= 0.3 is 0 Å². The molecule has 4 heteroatoms. The van der Waals surface area contributed by atoms with E-state index >= 15 is 0 Å². The Morgan fingerprint density at radius 3 is 2.00 bits per heavy atom. The average Bonchev–Trinajstić information content (AvgIpc) is 2.54. The van der Waals surface area contributed by atoms with Gasteiger partial charge in [-0.1, -0.05) is 18.2 Å². The van der Waals surface area contributed by atoms with E-state index in [1.165, 1.54) is 4.90 Å². The van der Waals surface area contributed by atoms with E-state index in [9.17, 15) is 13.2 Å². The summed E-state index contributed by atoms with van der Waals surface area (Å²) in [5.41, 5.74) is 0.583. The molecule has 0 nitrogen and oxygen atoms in total. The summed E-state index contributed by atoms with van der Waals surface area (Å²) in [5.74, 6) is -3.43. The minimum atomic E-state index is -1.38. The van der Waals surface area contributed by atoms with Crippen molar-refractivity contribution in [1.29, 1.82) is 0 Å². The quantitative estimate of drug-likeness (QED) is 0.632. The van der Waals surface area contributed by atoms with Crippen LogP contribution in [0.2, 0.25) is 0 Å². The van der Waals surface area contributed by atoms with Crippen LogP contribution in [0, 0.1) is 17.5 Å². The molecule has 0 atom stereocenters. The molecule has 0 bridgehead atoms. The van der Waals surface area contributed by atoms with Gasteiger partial charge < -0.3 is 0 Å². The Bertz CT molecular complexity index is 611. The van der Waals surface area contributed by atoms with Gasteiger partial charge in [0.15, 0.2) is 17.5 Å². The fourth-order valence-corrected chi connectivity index (χ4v) is 4.22. The molecular formula is C18H17F3S. The molecule has 0 radical (unpaired) electrons. The van der Waals surface area contributed by atoms with E-state index in [0.29, 0.717) is 10.8 Å². The van der Waals surface area contributed by atoms with Crippen molar-refractivity contribution >= 4 is 11.8 Å². The molecule has 1 aliphatic carbocycles. The molecule has 22 heavy (non-hydrogen) atoms. The van der Waals surface area contributed by atoms with E-state index in [-0.39, 0.29) is 5.92 Å². The number of rotatable bonds is 3. The van der Waals surface area contributed by atoms with Crippen LogP contribution in [0.1, 0.15) is 37.2 Å². The number of halogens is 3. The van der Waals surface area contributed by atoms with Crippen molar-refractivity contribution in [2.24, 2.45) is 0 Å². The van der Waals surface area contributed by atoms with Gasteiger partial charge in [-0.25, -0.2) is 13.2 Å². The molecule has 1 saturated carbocycles. The second-order valence-corrected chi connectivity index (χ2v) is 7.08. The van der Waals surface area contributed by atoms with Crippen LogP contribution < -0.4 is 0 Å². The van der Waals surface area contributed by atoms with Gasteiger partial charge in [0.25, 0.3) is 0 Å². The Kier molecular flexibility index (Phi) is 4.77. The summed E-state index contributed by atoms with van der Waals surface area (Å²) in [6.07, 6.45) is 3.78. The first-order chi connectivity index (χ1) is 10.6. The molecule has 0 saturated heterocycles. The number of thioether (sulfide) groups is 1. The van der Waals surface area contributed by atoms with Crippen LogP contribution in [0.15, 0.2) is 47.4 Å². The SMILES string of the molecule is Fc1cc(C2CCC(Sc3ccccc3)CC2)cc(F)c1F. The van der Waals surface area contributed by atoms with Gasteiger partial charge in [-0.05, 0) is 61.4 Å². The fourth-order valence-electron chi connectivity index (χ4n) is 3.02. The summed E-state index contributed by atoms with van der Waals surface area (Å²) in [5, 5.41) is 0.536. The second-order valence-electron chi connectivity index (χ2n) is 5.70. The summed E-state index contributed by atoms with van der Waals surface area (Å²) in [4.78, 5) is 1.25. The minimum absolute atomic E-state index is 0.122. The zero-order valence-corrected chi connectivity index (χ0v) is 12.9. The van der Waals surface area contributed by atoms with Gasteiger partial charge in [-0.3, -0.25) is 0 Å². The molecule has 116 valence electrons. The van der Waals surface area contributed by atoms with Crippen LogP contribution in [-0.4, -0.2) is 5.25 Å². The maximum atomic E-state index is 13.3. The van der Waals surface area contributed by atoms with Crippen LogP contribution in [-0.2, 0) is 0 Å². The van der Waals surface area contributed by atoms with Crippen LogP contribution in [0.3, 0.4) is 0 Å². The Morgan fingerprint density at radius 2 is 1.41 bits per heavy atom. The Morgan fingerprint density at radius 1 is 0.818 bits per heavy atom. The average molecular weight is 322 g/mol. The third kappa shape index (κ3) is 3.49. The van der Waals surface area contributed by atoms with Gasteiger partial charge in [0.2, 0.25) is 0 Å². The number of hydrogen-bond acceptors (Lipinski definition) is 1. The molecule has 0 aliphatic heterocycles. The monoisotopic (exact) mass is 322 g/mol. The van der Waals surface area contributed by atoms with Crippen LogP contribution in [0.5, 0.6) is 0 Å².